The summed E-state index contributed by atoms with van der Waals surface area (Å²) in [6, 6.07) is 1.96. The highest BCUT2D eigenvalue weighted by Gasteiger charge is 2.21. The molecule has 2 aromatic heterocycles. The summed E-state index contributed by atoms with van der Waals surface area (Å²) in [5, 5.41) is 3.50. The van der Waals surface area contributed by atoms with Crippen LogP contribution >= 0.6 is 23.7 Å². The molecule has 0 aliphatic heterocycles. The fourth-order valence-corrected chi connectivity index (χ4v) is 3.57. The Balaban J connectivity index is 0.00000161. The maximum atomic E-state index is 12.2. The Labute approximate surface area is 133 Å². The van der Waals surface area contributed by atoms with E-state index in [9.17, 15) is 4.79 Å². The lowest BCUT2D eigenvalue weighted by atomic mass is 9.99. The molecule has 0 unspecified atom stereocenters. The molecule has 0 fully saturated rings. The molecule has 0 bridgehead atoms. The Morgan fingerprint density at radius 2 is 2.29 bits per heavy atom. The van der Waals surface area contributed by atoms with Crippen molar-refractivity contribution in [2.75, 3.05) is 5.32 Å². The molecule has 1 atom stereocenters. The van der Waals surface area contributed by atoms with Crippen LogP contribution in [0, 0.1) is 13.8 Å². The lowest BCUT2D eigenvalue weighted by Gasteiger charge is -2.15. The Hall–Kier alpha value is -1.37. The van der Waals surface area contributed by atoms with Crippen LogP contribution in [0.5, 0.6) is 0 Å². The average Bonchev–Trinajstić information content (AvgIpc) is 2.91. The van der Waals surface area contributed by atoms with Gasteiger partial charge in [-0.05, 0) is 39.2 Å². The van der Waals surface area contributed by atoms with Crippen molar-refractivity contribution in [1.29, 1.82) is 0 Å². The number of carbonyl (C=O) groups is 1. The van der Waals surface area contributed by atoms with Crippen molar-refractivity contribution in [2.45, 2.75) is 39.2 Å². The average molecular weight is 328 g/mol. The summed E-state index contributed by atoms with van der Waals surface area (Å²) in [4.78, 5) is 17.9. The number of carbonyl (C=O) groups excluding carboxylic acids is 1. The van der Waals surface area contributed by atoms with E-state index in [-0.39, 0.29) is 24.4 Å². The Bertz CT molecular complexity index is 665. The number of nitrogens with two attached hydrogens (primary N) is 1. The largest absolute Gasteiger partial charge is 0.466 e. The number of furan rings is 1. The van der Waals surface area contributed by atoms with Crippen LogP contribution in [0.1, 0.15) is 38.9 Å². The molecule has 2 heterocycles. The Kier molecular flexibility index (Phi) is 4.70. The molecule has 5 nitrogen and oxygen atoms in total. The third kappa shape index (κ3) is 3.28. The first-order chi connectivity index (χ1) is 9.52. The number of anilines is 1. The smallest absolute Gasteiger partial charge is 0.260 e. The van der Waals surface area contributed by atoms with Crippen LogP contribution in [0.3, 0.4) is 0 Å². The van der Waals surface area contributed by atoms with E-state index in [1.54, 1.807) is 13.0 Å². The zero-order valence-corrected chi connectivity index (χ0v) is 13.6. The van der Waals surface area contributed by atoms with Crippen molar-refractivity contribution < 1.29 is 9.21 Å². The van der Waals surface area contributed by atoms with Crippen LogP contribution in [-0.4, -0.2) is 16.9 Å². The molecule has 3 rings (SSSR count). The minimum atomic E-state index is -0.172. The van der Waals surface area contributed by atoms with E-state index in [4.69, 9.17) is 10.2 Å². The third-order valence-electron chi connectivity index (χ3n) is 3.48. The normalized spacial score (nSPS) is 17.0. The number of aryl methyl sites for hydroxylation is 3. The van der Waals surface area contributed by atoms with Gasteiger partial charge in [0.1, 0.15) is 11.5 Å². The second-order valence-electron chi connectivity index (χ2n) is 5.17. The molecule has 2 aromatic rings. The number of fused-ring (bicyclic) bond motifs is 1. The zero-order valence-electron chi connectivity index (χ0n) is 11.9. The number of halogens is 1. The van der Waals surface area contributed by atoms with Gasteiger partial charge in [0, 0.05) is 10.9 Å². The van der Waals surface area contributed by atoms with Crippen molar-refractivity contribution in [3.63, 3.8) is 0 Å². The minimum absolute atomic E-state index is 0. The molecular weight excluding hydrogens is 310 g/mol. The van der Waals surface area contributed by atoms with E-state index in [1.165, 1.54) is 16.2 Å². The second kappa shape index (κ2) is 6.17. The number of nitrogens with one attached hydrogen (secondary N) is 1. The minimum Gasteiger partial charge on any atom is -0.466 e. The van der Waals surface area contributed by atoms with Crippen LogP contribution in [0.15, 0.2) is 10.5 Å². The lowest BCUT2D eigenvalue weighted by Crippen LogP contribution is -2.27. The number of nitrogens with zero attached hydrogens (tertiary/aromatic N) is 1. The standard InChI is InChI=1S/C14H17N3O2S.ClH/c1-7-5-10(8(2)19-7)13(18)17-14-16-11-4-3-9(15)6-12(11)20-14;/h5,9H,3-4,6,15H2,1-2H3,(H,16,17,18);1H/t9-;/m0./s1. The lowest BCUT2D eigenvalue weighted by molar-refractivity contribution is 0.102. The monoisotopic (exact) mass is 327 g/mol. The van der Waals surface area contributed by atoms with Gasteiger partial charge in [-0.15, -0.1) is 23.7 Å². The van der Waals surface area contributed by atoms with Gasteiger partial charge < -0.3 is 10.2 Å². The second-order valence-corrected chi connectivity index (χ2v) is 6.26. The van der Waals surface area contributed by atoms with Gasteiger partial charge >= 0.3 is 0 Å². The summed E-state index contributed by atoms with van der Waals surface area (Å²) < 4.78 is 5.37. The van der Waals surface area contributed by atoms with Crippen LogP contribution in [0.25, 0.3) is 0 Å². The summed E-state index contributed by atoms with van der Waals surface area (Å²) in [6.45, 7) is 3.61. The Morgan fingerprint density at radius 1 is 1.52 bits per heavy atom. The van der Waals surface area contributed by atoms with Crippen LogP contribution in [0.4, 0.5) is 5.13 Å². The van der Waals surface area contributed by atoms with Crippen LogP contribution < -0.4 is 11.1 Å². The molecule has 7 heteroatoms. The molecule has 0 spiro atoms. The van der Waals surface area contributed by atoms with E-state index in [2.05, 4.69) is 10.3 Å². The topological polar surface area (TPSA) is 81.2 Å². The summed E-state index contributed by atoms with van der Waals surface area (Å²) in [6.07, 6.45) is 2.71. The number of hydrogen-bond donors (Lipinski definition) is 2. The molecule has 0 saturated carbocycles. The molecule has 0 saturated heterocycles. The molecule has 0 radical (unpaired) electrons. The first-order valence-corrected chi connectivity index (χ1v) is 7.47. The quantitative estimate of drug-likeness (QED) is 0.888. The number of amides is 1. The van der Waals surface area contributed by atoms with Crippen molar-refractivity contribution in [3.05, 3.63) is 33.7 Å². The molecule has 21 heavy (non-hydrogen) atoms. The molecule has 1 amide bonds. The van der Waals surface area contributed by atoms with Gasteiger partial charge in [-0.2, -0.15) is 0 Å². The molecular formula is C14H18ClN3O2S. The summed E-state index contributed by atoms with van der Waals surface area (Å²) in [5.41, 5.74) is 7.59. The van der Waals surface area contributed by atoms with Gasteiger partial charge in [0.2, 0.25) is 0 Å². The number of hydrogen-bond acceptors (Lipinski definition) is 5. The zero-order chi connectivity index (χ0) is 14.3. The van der Waals surface area contributed by atoms with E-state index in [0.29, 0.717) is 16.5 Å². The Morgan fingerprint density at radius 3 is 2.95 bits per heavy atom. The van der Waals surface area contributed by atoms with Gasteiger partial charge in [0.25, 0.3) is 5.91 Å². The number of thiazole rings is 1. The molecule has 3 N–H and O–H groups in total. The summed E-state index contributed by atoms with van der Waals surface area (Å²) in [7, 11) is 0. The number of aromatic nitrogens is 1. The molecule has 0 aromatic carbocycles. The van der Waals surface area contributed by atoms with Gasteiger partial charge in [-0.25, -0.2) is 4.98 Å². The highest BCUT2D eigenvalue weighted by Crippen LogP contribution is 2.29. The molecule has 1 aliphatic rings. The van der Waals surface area contributed by atoms with Gasteiger partial charge in [-0.3, -0.25) is 10.1 Å². The fraction of sp³-hybridized carbons (Fsp3) is 0.429. The predicted molar refractivity (Wildman–Crippen MR) is 85.5 cm³/mol. The van der Waals surface area contributed by atoms with E-state index >= 15 is 0 Å². The first-order valence-electron chi connectivity index (χ1n) is 6.65. The fourth-order valence-electron chi connectivity index (χ4n) is 2.47. The van der Waals surface area contributed by atoms with Crippen LogP contribution in [-0.2, 0) is 12.8 Å². The molecule has 1 aliphatic carbocycles. The van der Waals surface area contributed by atoms with Gasteiger partial charge in [0.15, 0.2) is 5.13 Å². The summed E-state index contributed by atoms with van der Waals surface area (Å²) in [5.74, 6) is 1.19. The van der Waals surface area contributed by atoms with Gasteiger partial charge in [-0.1, -0.05) is 0 Å². The maximum absolute atomic E-state index is 12.2. The van der Waals surface area contributed by atoms with E-state index < -0.39 is 0 Å². The highest BCUT2D eigenvalue weighted by atomic mass is 35.5. The summed E-state index contributed by atoms with van der Waals surface area (Å²) >= 11 is 1.52. The van der Waals surface area contributed by atoms with Crippen molar-refractivity contribution in [1.82, 2.24) is 4.98 Å². The van der Waals surface area contributed by atoms with Crippen molar-refractivity contribution in [3.8, 4) is 0 Å². The first kappa shape index (κ1) is 16.0. The van der Waals surface area contributed by atoms with Gasteiger partial charge in [0.05, 0.1) is 11.3 Å². The molecule has 114 valence electrons. The maximum Gasteiger partial charge on any atom is 0.260 e. The van der Waals surface area contributed by atoms with E-state index in [1.807, 2.05) is 6.92 Å². The van der Waals surface area contributed by atoms with Crippen LogP contribution in [0.2, 0.25) is 0 Å². The van der Waals surface area contributed by atoms with Crippen molar-refractivity contribution in [2.24, 2.45) is 5.73 Å². The highest BCUT2D eigenvalue weighted by molar-refractivity contribution is 7.15. The van der Waals surface area contributed by atoms with Crippen molar-refractivity contribution >= 4 is 34.8 Å². The van der Waals surface area contributed by atoms with E-state index in [0.717, 1.165) is 30.7 Å². The predicted octanol–water partition coefficient (Wildman–Crippen LogP) is 2.84. The number of rotatable bonds is 2. The SMILES string of the molecule is Cc1cc(C(=O)Nc2nc3c(s2)C[C@@H](N)CC3)c(C)o1.Cl. The third-order valence-corrected chi connectivity index (χ3v) is 4.52.